The first-order chi connectivity index (χ1) is 4.34. The fourth-order valence-corrected chi connectivity index (χ4v) is 0.447. The molecule has 0 saturated heterocycles. The van der Waals surface area contributed by atoms with E-state index in [2.05, 4.69) is 0 Å². The molecule has 0 aliphatic carbocycles. The number of halogens is 4. The topological polar surface area (TPSA) is 49.3 Å². The molecule has 7 heteroatoms. The van der Waals surface area contributed by atoms with E-state index in [1.165, 1.54) is 0 Å². The lowest BCUT2D eigenvalue weighted by molar-refractivity contribution is 0.193. The van der Waals surface area contributed by atoms with Gasteiger partial charge in [-0.05, 0) is 0 Å². The Balaban J connectivity index is 3.85. The van der Waals surface area contributed by atoms with Crippen molar-refractivity contribution in [1.82, 2.24) is 5.32 Å². The van der Waals surface area contributed by atoms with Crippen LogP contribution in [0.2, 0.25) is 0 Å². The number of rotatable bonds is 1. The maximum atomic E-state index is 9.88. The summed E-state index contributed by atoms with van der Waals surface area (Å²) in [5, 5.41) is 9.84. The number of alkyl halides is 4. The second-order valence-electron chi connectivity index (χ2n) is 1.35. The Morgan fingerprint density at radius 1 is 1.50 bits per heavy atom. The molecule has 0 rings (SSSR count). The van der Waals surface area contributed by atoms with Crippen molar-refractivity contribution < 1.29 is 9.90 Å². The molecule has 0 heterocycles. The zero-order valence-corrected chi connectivity index (χ0v) is 7.47. The van der Waals surface area contributed by atoms with Gasteiger partial charge in [0.1, 0.15) is 0 Å². The van der Waals surface area contributed by atoms with Gasteiger partial charge in [0.25, 0.3) is 0 Å². The Morgan fingerprint density at radius 2 is 1.90 bits per heavy atom. The number of hydrogen-bond donors (Lipinski definition) is 2. The minimum absolute atomic E-state index is 1.24. The lowest BCUT2D eigenvalue weighted by Crippen LogP contribution is -2.38. The van der Waals surface area contributed by atoms with E-state index in [0.29, 0.717) is 0 Å². The normalized spacial score (nSPS) is 14.4. The first-order valence-electron chi connectivity index (χ1n) is 2.04. The molecule has 0 aliphatic heterocycles. The predicted molar refractivity (Wildman–Crippen MR) is 41.1 cm³/mol. The van der Waals surface area contributed by atoms with Crippen LogP contribution in [-0.4, -0.2) is 20.5 Å². The van der Waals surface area contributed by atoms with E-state index >= 15 is 0 Å². The lowest BCUT2D eigenvalue weighted by Gasteiger charge is -2.16. The number of hydrogen-bond acceptors (Lipinski definition) is 1. The highest BCUT2D eigenvalue weighted by atomic mass is 35.6. The van der Waals surface area contributed by atoms with E-state index in [-0.39, 0.29) is 0 Å². The van der Waals surface area contributed by atoms with Crippen LogP contribution in [0.25, 0.3) is 0 Å². The molecule has 3 nitrogen and oxygen atoms in total. The smallest absolute Gasteiger partial charge is 0.405 e. The predicted octanol–water partition coefficient (Wildman–Crippen LogP) is 2.19. The molecule has 0 aliphatic rings. The van der Waals surface area contributed by atoms with Gasteiger partial charge in [-0.3, -0.25) is 0 Å². The minimum Gasteiger partial charge on any atom is -0.465 e. The molecule has 0 fully saturated rings. The van der Waals surface area contributed by atoms with Gasteiger partial charge in [-0.15, -0.1) is 0 Å². The van der Waals surface area contributed by atoms with E-state index in [0.717, 1.165) is 0 Å². The molecular formula is C3H3Cl4NO2. The summed E-state index contributed by atoms with van der Waals surface area (Å²) < 4.78 is -1.82. The fraction of sp³-hybridized carbons (Fsp3) is 0.667. The highest BCUT2D eigenvalue weighted by molar-refractivity contribution is 6.70. The lowest BCUT2D eigenvalue weighted by atomic mass is 10.7. The van der Waals surface area contributed by atoms with Gasteiger partial charge in [0.05, 0.1) is 0 Å². The van der Waals surface area contributed by atoms with Crippen molar-refractivity contribution in [2.45, 2.75) is 9.29 Å². The first kappa shape index (κ1) is 10.4. The summed E-state index contributed by atoms with van der Waals surface area (Å²) in [6, 6.07) is 0. The van der Waals surface area contributed by atoms with Crippen molar-refractivity contribution >= 4 is 52.5 Å². The third-order valence-corrected chi connectivity index (χ3v) is 1.96. The van der Waals surface area contributed by atoms with Crippen LogP contribution in [0.15, 0.2) is 0 Å². The summed E-state index contributed by atoms with van der Waals surface area (Å²) in [5.74, 6) is 0. The standard InChI is InChI=1S/C3H3Cl4NO2/c4-1(3(5,6)7)8-2(9)10/h1,8H,(H,9,10). The SMILES string of the molecule is O=C(O)NC(Cl)C(Cl)(Cl)Cl. The third-order valence-electron chi connectivity index (χ3n) is 0.538. The molecule has 0 saturated carbocycles. The van der Waals surface area contributed by atoms with Gasteiger partial charge in [0.15, 0.2) is 5.50 Å². The van der Waals surface area contributed by atoms with Crippen molar-refractivity contribution in [1.29, 1.82) is 0 Å². The second-order valence-corrected chi connectivity index (χ2v) is 4.16. The van der Waals surface area contributed by atoms with Gasteiger partial charge in [0.2, 0.25) is 3.79 Å². The van der Waals surface area contributed by atoms with Gasteiger partial charge >= 0.3 is 6.09 Å². The average Bonchev–Trinajstić information content (AvgIpc) is 1.60. The number of nitrogens with one attached hydrogen (secondary N) is 1. The molecule has 0 bridgehead atoms. The van der Waals surface area contributed by atoms with Crippen LogP contribution in [0.5, 0.6) is 0 Å². The minimum atomic E-state index is -1.82. The summed E-state index contributed by atoms with van der Waals surface area (Å²) in [6.45, 7) is 0. The van der Waals surface area contributed by atoms with Crippen molar-refractivity contribution in [2.24, 2.45) is 0 Å². The molecular weight excluding hydrogens is 224 g/mol. The van der Waals surface area contributed by atoms with Crippen LogP contribution in [0.4, 0.5) is 4.79 Å². The summed E-state index contributed by atoms with van der Waals surface area (Å²) in [4.78, 5) is 9.88. The van der Waals surface area contributed by atoms with Crippen LogP contribution >= 0.6 is 46.4 Å². The molecule has 0 radical (unpaired) electrons. The largest absolute Gasteiger partial charge is 0.465 e. The zero-order chi connectivity index (χ0) is 8.36. The monoisotopic (exact) mass is 225 g/mol. The number of carboxylic acid groups (broad SMARTS) is 1. The van der Waals surface area contributed by atoms with Crippen LogP contribution in [0, 0.1) is 0 Å². The molecule has 0 aromatic rings. The Hall–Kier alpha value is 0.430. The Kier molecular flexibility index (Phi) is 3.88. The van der Waals surface area contributed by atoms with Gasteiger partial charge in [0, 0.05) is 0 Å². The maximum Gasteiger partial charge on any atom is 0.405 e. The van der Waals surface area contributed by atoms with E-state index in [1.54, 1.807) is 5.32 Å². The molecule has 1 amide bonds. The van der Waals surface area contributed by atoms with Crippen molar-refractivity contribution in [3.63, 3.8) is 0 Å². The van der Waals surface area contributed by atoms with Crippen molar-refractivity contribution in [3.05, 3.63) is 0 Å². The molecule has 1 atom stereocenters. The van der Waals surface area contributed by atoms with E-state index < -0.39 is 15.4 Å². The summed E-state index contributed by atoms with van der Waals surface area (Å²) in [7, 11) is 0. The van der Waals surface area contributed by atoms with Crippen molar-refractivity contribution in [2.75, 3.05) is 0 Å². The Morgan fingerprint density at radius 3 is 2.00 bits per heavy atom. The van der Waals surface area contributed by atoms with Crippen LogP contribution < -0.4 is 5.32 Å². The van der Waals surface area contributed by atoms with Crippen molar-refractivity contribution in [3.8, 4) is 0 Å². The number of amides is 1. The highest BCUT2D eigenvalue weighted by Gasteiger charge is 2.31. The summed E-state index contributed by atoms with van der Waals surface area (Å²) >= 11 is 20.9. The summed E-state index contributed by atoms with van der Waals surface area (Å²) in [6.07, 6.45) is -1.34. The van der Waals surface area contributed by atoms with Crippen LogP contribution in [0.3, 0.4) is 0 Å². The van der Waals surface area contributed by atoms with Crippen LogP contribution in [0.1, 0.15) is 0 Å². The van der Waals surface area contributed by atoms with E-state index in [1.807, 2.05) is 0 Å². The average molecular weight is 227 g/mol. The zero-order valence-electron chi connectivity index (χ0n) is 4.44. The highest BCUT2D eigenvalue weighted by Crippen LogP contribution is 2.32. The molecule has 60 valence electrons. The molecule has 1 unspecified atom stereocenters. The summed E-state index contributed by atoms with van der Waals surface area (Å²) in [5.41, 5.74) is -1.24. The van der Waals surface area contributed by atoms with Gasteiger partial charge in [-0.1, -0.05) is 46.4 Å². The molecule has 2 N–H and O–H groups in total. The second kappa shape index (κ2) is 3.72. The third kappa shape index (κ3) is 4.28. The molecule has 0 aromatic heterocycles. The number of carbonyl (C=O) groups is 1. The maximum absolute atomic E-state index is 9.88. The quantitative estimate of drug-likeness (QED) is 0.532. The Bertz CT molecular complexity index is 133. The van der Waals surface area contributed by atoms with Crippen LogP contribution in [-0.2, 0) is 0 Å². The molecule has 0 aromatic carbocycles. The van der Waals surface area contributed by atoms with Gasteiger partial charge in [-0.2, -0.15) is 0 Å². The van der Waals surface area contributed by atoms with Gasteiger partial charge in [-0.25, -0.2) is 4.79 Å². The molecule has 10 heavy (non-hydrogen) atoms. The van der Waals surface area contributed by atoms with Gasteiger partial charge < -0.3 is 10.4 Å². The van der Waals surface area contributed by atoms with E-state index in [4.69, 9.17) is 51.5 Å². The first-order valence-corrected chi connectivity index (χ1v) is 3.61. The van der Waals surface area contributed by atoms with E-state index in [9.17, 15) is 4.79 Å². The Labute approximate surface area is 77.2 Å². The fourth-order valence-electron chi connectivity index (χ4n) is 0.190. The molecule has 0 spiro atoms.